The lowest BCUT2D eigenvalue weighted by Crippen LogP contribution is -2.33. The molecule has 0 N–H and O–H groups in total. The van der Waals surface area contributed by atoms with Crippen molar-refractivity contribution in [3.63, 3.8) is 0 Å². The predicted molar refractivity (Wildman–Crippen MR) is 116 cm³/mol. The lowest BCUT2D eigenvalue weighted by molar-refractivity contribution is 0.300. The van der Waals surface area contributed by atoms with Crippen LogP contribution in [0.3, 0.4) is 0 Å². The first kappa shape index (κ1) is 19.9. The Morgan fingerprint density at radius 1 is 1.64 bits per heavy atom. The van der Waals surface area contributed by atoms with Gasteiger partial charge in [-0.25, -0.2) is 4.99 Å². The molecule has 0 aliphatic carbocycles. The first-order valence-electron chi connectivity index (χ1n) is 7.98. The zero-order chi connectivity index (χ0) is 18.1. The maximum absolute atomic E-state index is 6.11. The third-order valence-electron chi connectivity index (χ3n) is 3.49. The minimum atomic E-state index is 0.341. The number of hydrazone groups is 1. The normalized spacial score (nSPS) is 20.4. The van der Waals surface area contributed by atoms with E-state index >= 15 is 0 Å². The van der Waals surface area contributed by atoms with Gasteiger partial charge in [-0.05, 0) is 37.3 Å². The van der Waals surface area contributed by atoms with Gasteiger partial charge in [0.1, 0.15) is 0 Å². The molecule has 2 rings (SSSR count). The average molecular weight is 392 g/mol. The van der Waals surface area contributed by atoms with Gasteiger partial charge in [-0.1, -0.05) is 36.9 Å². The summed E-state index contributed by atoms with van der Waals surface area (Å²) in [5.74, 6) is 2.91. The van der Waals surface area contributed by atoms with E-state index in [1.54, 1.807) is 30.1 Å². The topological polar surface area (TPSA) is 28.0 Å². The molecule has 1 unspecified atom stereocenters. The van der Waals surface area contributed by atoms with E-state index in [0.29, 0.717) is 10.4 Å². The Hall–Kier alpha value is -1.39. The molecule has 0 bridgehead atoms. The maximum Gasteiger partial charge on any atom is 0.0884 e. The molecule has 2 aliphatic heterocycles. The highest BCUT2D eigenvalue weighted by Gasteiger charge is 2.25. The molecular formula is C19H22ClN3S2. The van der Waals surface area contributed by atoms with E-state index < -0.39 is 0 Å². The molecule has 25 heavy (non-hydrogen) atoms. The summed E-state index contributed by atoms with van der Waals surface area (Å²) in [7, 11) is 0. The predicted octanol–water partition coefficient (Wildman–Crippen LogP) is 5.36. The van der Waals surface area contributed by atoms with Crippen LogP contribution in [-0.4, -0.2) is 39.7 Å². The van der Waals surface area contributed by atoms with Crippen molar-refractivity contribution in [3.8, 4) is 0 Å². The Balaban J connectivity index is 2.15. The summed E-state index contributed by atoms with van der Waals surface area (Å²) in [6, 6.07) is 0.341. The van der Waals surface area contributed by atoms with Gasteiger partial charge < -0.3 is 0 Å². The number of rotatable bonds is 8. The van der Waals surface area contributed by atoms with Crippen LogP contribution in [0.1, 0.15) is 13.3 Å². The van der Waals surface area contributed by atoms with Crippen molar-refractivity contribution in [2.24, 2.45) is 10.1 Å². The van der Waals surface area contributed by atoms with Gasteiger partial charge in [-0.15, -0.1) is 17.5 Å². The van der Waals surface area contributed by atoms with E-state index in [0.717, 1.165) is 40.8 Å². The van der Waals surface area contributed by atoms with Crippen LogP contribution in [0.2, 0.25) is 0 Å². The molecule has 0 spiro atoms. The summed E-state index contributed by atoms with van der Waals surface area (Å²) in [6.07, 6.45) is 11.9. The molecule has 3 nitrogen and oxygen atoms in total. The van der Waals surface area contributed by atoms with Crippen molar-refractivity contribution in [1.29, 1.82) is 0 Å². The maximum atomic E-state index is 6.11. The fourth-order valence-corrected chi connectivity index (χ4v) is 4.32. The average Bonchev–Trinajstić information content (AvgIpc) is 2.99. The Morgan fingerprint density at radius 2 is 2.48 bits per heavy atom. The van der Waals surface area contributed by atoms with Crippen molar-refractivity contribution in [1.82, 2.24) is 5.01 Å². The molecule has 1 atom stereocenters. The van der Waals surface area contributed by atoms with E-state index in [4.69, 9.17) is 16.7 Å². The molecule has 0 aromatic rings. The first-order valence-corrected chi connectivity index (χ1v) is 10.5. The fraction of sp³-hybridized carbons (Fsp3) is 0.316. The highest BCUT2D eigenvalue weighted by Crippen LogP contribution is 2.27. The van der Waals surface area contributed by atoms with Gasteiger partial charge in [0.05, 0.1) is 28.0 Å². The molecular weight excluding hydrogens is 370 g/mol. The highest BCUT2D eigenvalue weighted by atomic mass is 35.5. The summed E-state index contributed by atoms with van der Waals surface area (Å²) in [5, 5.41) is 6.87. The van der Waals surface area contributed by atoms with E-state index in [9.17, 15) is 0 Å². The first-order chi connectivity index (χ1) is 12.1. The molecule has 132 valence electrons. The van der Waals surface area contributed by atoms with Crippen LogP contribution in [0.4, 0.5) is 0 Å². The quantitative estimate of drug-likeness (QED) is 0.241. The van der Waals surface area contributed by atoms with Crippen molar-refractivity contribution in [2.75, 3.05) is 17.3 Å². The van der Waals surface area contributed by atoms with E-state index in [-0.39, 0.29) is 0 Å². The summed E-state index contributed by atoms with van der Waals surface area (Å²) >= 11 is 9.60. The Bertz CT molecular complexity index is 691. The summed E-state index contributed by atoms with van der Waals surface area (Å²) in [5.41, 5.74) is 5.59. The smallest absolute Gasteiger partial charge is 0.0884 e. The van der Waals surface area contributed by atoms with Crippen LogP contribution < -0.4 is 0 Å². The van der Waals surface area contributed by atoms with Crippen LogP contribution in [0.15, 0.2) is 75.6 Å². The van der Waals surface area contributed by atoms with Crippen molar-refractivity contribution in [3.05, 3.63) is 65.5 Å². The Morgan fingerprint density at radius 3 is 3.20 bits per heavy atom. The summed E-state index contributed by atoms with van der Waals surface area (Å²) in [4.78, 5) is 4.42. The van der Waals surface area contributed by atoms with Gasteiger partial charge in [-0.3, -0.25) is 5.01 Å². The van der Waals surface area contributed by atoms with Gasteiger partial charge >= 0.3 is 0 Å². The number of allylic oxidation sites excluding steroid dienone is 5. The number of aliphatic imine (C=N–C) groups is 1. The standard InChI is InChI=1S/C19H22ClN3S2/c1-4-8-19(20)25-13-15(2)22-23(17-10-12-24-14-17)16(3)18-9-6-5-7-11-21-18/h4-6,8-9,11,17H,1,3,10,12-14H2,2H3/b19-8-,22-15+. The fourth-order valence-electron chi connectivity index (χ4n) is 2.28. The second-order valence-electron chi connectivity index (χ2n) is 5.47. The highest BCUT2D eigenvalue weighted by molar-refractivity contribution is 8.05. The second kappa shape index (κ2) is 10.6. The summed E-state index contributed by atoms with van der Waals surface area (Å²) in [6.45, 7) is 9.92. The number of hydrogen-bond acceptors (Lipinski definition) is 5. The number of thioether (sulfide) groups is 2. The molecule has 0 aromatic heterocycles. The molecule has 2 heterocycles. The minimum absolute atomic E-state index is 0.341. The number of halogens is 1. The monoisotopic (exact) mass is 391 g/mol. The summed E-state index contributed by atoms with van der Waals surface area (Å²) < 4.78 is 0.707. The second-order valence-corrected chi connectivity index (χ2v) is 8.27. The zero-order valence-electron chi connectivity index (χ0n) is 14.3. The third kappa shape index (κ3) is 6.44. The molecule has 1 saturated heterocycles. The number of hydrogen-bond donors (Lipinski definition) is 0. The van der Waals surface area contributed by atoms with Crippen molar-refractivity contribution >= 4 is 46.5 Å². The lowest BCUT2D eigenvalue weighted by Gasteiger charge is -2.28. The molecule has 1 fully saturated rings. The van der Waals surface area contributed by atoms with Crippen LogP contribution in [-0.2, 0) is 0 Å². The van der Waals surface area contributed by atoms with Crippen LogP contribution in [0, 0.1) is 0 Å². The van der Waals surface area contributed by atoms with E-state index in [1.807, 2.05) is 41.9 Å². The van der Waals surface area contributed by atoms with Crippen LogP contribution in [0.25, 0.3) is 0 Å². The van der Waals surface area contributed by atoms with Gasteiger partial charge in [0.15, 0.2) is 0 Å². The van der Waals surface area contributed by atoms with Gasteiger partial charge in [0.2, 0.25) is 0 Å². The third-order valence-corrected chi connectivity index (χ3v) is 6.07. The molecule has 2 aliphatic rings. The Kier molecular flexibility index (Phi) is 8.42. The minimum Gasteiger partial charge on any atom is -0.260 e. The number of nitrogens with zero attached hydrogens (tertiary/aromatic N) is 3. The molecule has 0 radical (unpaired) electrons. The van der Waals surface area contributed by atoms with Gasteiger partial charge in [-0.2, -0.15) is 16.9 Å². The Labute approximate surface area is 163 Å². The van der Waals surface area contributed by atoms with Crippen LogP contribution in [0.5, 0.6) is 0 Å². The van der Waals surface area contributed by atoms with E-state index in [2.05, 4.69) is 23.9 Å². The molecule has 0 aromatic carbocycles. The van der Waals surface area contributed by atoms with Crippen LogP contribution >= 0.6 is 35.1 Å². The largest absolute Gasteiger partial charge is 0.260 e. The van der Waals surface area contributed by atoms with E-state index in [1.165, 1.54) is 0 Å². The molecule has 6 heteroatoms. The van der Waals surface area contributed by atoms with Crippen molar-refractivity contribution in [2.45, 2.75) is 19.4 Å². The van der Waals surface area contributed by atoms with Crippen molar-refractivity contribution < 1.29 is 0 Å². The van der Waals surface area contributed by atoms with Gasteiger partial charge in [0.25, 0.3) is 0 Å². The lowest BCUT2D eigenvalue weighted by atomic mass is 10.2. The molecule has 0 amide bonds. The van der Waals surface area contributed by atoms with Gasteiger partial charge in [0, 0.05) is 17.2 Å². The zero-order valence-corrected chi connectivity index (χ0v) is 16.7. The molecule has 0 saturated carbocycles. The SMILES string of the molecule is C=C/C=C(/Cl)SC/C(C)=N/N(C(=C)C1=NC=C=CC=C1)C1CCSC1.